The molecular weight excluding hydrogens is 366 g/mol. The van der Waals surface area contributed by atoms with Gasteiger partial charge in [0.05, 0.1) is 12.7 Å². The molecule has 3 aromatic rings. The zero-order valence-electron chi connectivity index (χ0n) is 14.8. The Bertz CT molecular complexity index is 1020. The summed E-state index contributed by atoms with van der Waals surface area (Å²) in [6, 6.07) is 14.0. The van der Waals surface area contributed by atoms with Gasteiger partial charge in [0.2, 0.25) is 11.8 Å². The van der Waals surface area contributed by atoms with Crippen molar-refractivity contribution in [3.8, 4) is 11.5 Å². The SMILES string of the molecule is COC(=O)c1ccc(NC(=O)Cn2nc(-c3ccc(C)cc3)oc2=S)cc1. The minimum Gasteiger partial charge on any atom is -0.465 e. The normalized spacial score (nSPS) is 10.4. The monoisotopic (exact) mass is 383 g/mol. The first-order valence-electron chi connectivity index (χ1n) is 8.09. The van der Waals surface area contributed by atoms with E-state index in [0.717, 1.165) is 11.1 Å². The van der Waals surface area contributed by atoms with E-state index in [9.17, 15) is 9.59 Å². The van der Waals surface area contributed by atoms with Crippen LogP contribution in [0.2, 0.25) is 0 Å². The van der Waals surface area contributed by atoms with E-state index in [4.69, 9.17) is 16.6 Å². The van der Waals surface area contributed by atoms with Gasteiger partial charge >= 0.3 is 5.97 Å². The molecule has 1 amide bonds. The highest BCUT2D eigenvalue weighted by atomic mass is 32.1. The predicted molar refractivity (Wildman–Crippen MR) is 102 cm³/mol. The molecule has 0 saturated carbocycles. The minimum absolute atomic E-state index is 0.0903. The molecule has 0 aliphatic carbocycles. The van der Waals surface area contributed by atoms with Crippen LogP contribution < -0.4 is 5.32 Å². The van der Waals surface area contributed by atoms with Gasteiger partial charge in [-0.2, -0.15) is 0 Å². The van der Waals surface area contributed by atoms with Gasteiger partial charge in [-0.3, -0.25) is 4.79 Å². The van der Waals surface area contributed by atoms with Gasteiger partial charge in [0, 0.05) is 11.3 Å². The molecule has 27 heavy (non-hydrogen) atoms. The van der Waals surface area contributed by atoms with Gasteiger partial charge in [0.15, 0.2) is 0 Å². The smallest absolute Gasteiger partial charge is 0.337 e. The lowest BCUT2D eigenvalue weighted by Crippen LogP contribution is -2.19. The fraction of sp³-hybridized carbons (Fsp3) is 0.158. The Morgan fingerprint density at radius 3 is 2.44 bits per heavy atom. The lowest BCUT2D eigenvalue weighted by atomic mass is 10.1. The van der Waals surface area contributed by atoms with Crippen LogP contribution in [0.4, 0.5) is 5.69 Å². The Hall–Kier alpha value is -3.26. The maximum atomic E-state index is 12.2. The van der Waals surface area contributed by atoms with Crippen LogP contribution in [0.1, 0.15) is 15.9 Å². The molecule has 0 aliphatic rings. The molecule has 2 aromatic carbocycles. The molecule has 3 rings (SSSR count). The van der Waals surface area contributed by atoms with Crippen LogP contribution in [0, 0.1) is 11.8 Å². The molecule has 0 aliphatic heterocycles. The maximum absolute atomic E-state index is 12.2. The number of carbonyl (C=O) groups is 2. The van der Waals surface area contributed by atoms with Crippen molar-refractivity contribution in [2.24, 2.45) is 0 Å². The van der Waals surface area contributed by atoms with Crippen molar-refractivity contribution in [3.63, 3.8) is 0 Å². The Kier molecular flexibility index (Phi) is 5.46. The summed E-state index contributed by atoms with van der Waals surface area (Å²) < 4.78 is 11.4. The van der Waals surface area contributed by atoms with E-state index in [1.807, 2.05) is 31.2 Å². The van der Waals surface area contributed by atoms with Gasteiger partial charge in [-0.15, -0.1) is 5.10 Å². The van der Waals surface area contributed by atoms with E-state index in [1.165, 1.54) is 11.8 Å². The van der Waals surface area contributed by atoms with Crippen molar-refractivity contribution < 1.29 is 18.7 Å². The first kappa shape index (κ1) is 18.5. The van der Waals surface area contributed by atoms with Gasteiger partial charge in [0.25, 0.3) is 4.84 Å². The van der Waals surface area contributed by atoms with Crippen LogP contribution in [0.25, 0.3) is 11.5 Å². The minimum atomic E-state index is -0.439. The molecule has 0 fully saturated rings. The first-order chi connectivity index (χ1) is 13.0. The van der Waals surface area contributed by atoms with Crippen LogP contribution in [-0.4, -0.2) is 28.8 Å². The van der Waals surface area contributed by atoms with Crippen molar-refractivity contribution >= 4 is 29.8 Å². The molecule has 0 spiro atoms. The topological polar surface area (TPSA) is 86.4 Å². The molecular formula is C19H17N3O4S. The summed E-state index contributed by atoms with van der Waals surface area (Å²) in [5.41, 5.74) is 2.84. The number of anilines is 1. The lowest BCUT2D eigenvalue weighted by molar-refractivity contribution is -0.117. The third-order valence-corrected chi connectivity index (χ3v) is 4.08. The number of hydrogen-bond donors (Lipinski definition) is 1. The average Bonchev–Trinajstić information content (AvgIpc) is 3.02. The first-order valence-corrected chi connectivity index (χ1v) is 8.50. The van der Waals surface area contributed by atoms with Gasteiger partial charge in [-0.05, 0) is 55.5 Å². The number of rotatable bonds is 5. The molecule has 8 heteroatoms. The highest BCUT2D eigenvalue weighted by Crippen LogP contribution is 2.18. The number of benzene rings is 2. The second-order valence-electron chi connectivity index (χ2n) is 5.81. The number of nitrogens with zero attached hydrogens (tertiary/aromatic N) is 2. The van der Waals surface area contributed by atoms with Crippen molar-refractivity contribution in [1.82, 2.24) is 9.78 Å². The van der Waals surface area contributed by atoms with Crippen molar-refractivity contribution in [1.29, 1.82) is 0 Å². The molecule has 1 heterocycles. The highest BCUT2D eigenvalue weighted by Gasteiger charge is 2.12. The quantitative estimate of drug-likeness (QED) is 0.535. The van der Waals surface area contributed by atoms with E-state index >= 15 is 0 Å². The summed E-state index contributed by atoms with van der Waals surface area (Å²) in [6.45, 7) is 1.90. The largest absolute Gasteiger partial charge is 0.465 e. The third kappa shape index (κ3) is 4.48. The molecule has 0 atom stereocenters. The second kappa shape index (κ2) is 7.96. The van der Waals surface area contributed by atoms with E-state index in [2.05, 4.69) is 15.2 Å². The number of esters is 1. The lowest BCUT2D eigenvalue weighted by Gasteiger charge is -2.05. The fourth-order valence-corrected chi connectivity index (χ4v) is 2.55. The summed E-state index contributed by atoms with van der Waals surface area (Å²) in [5.74, 6) is -0.402. The van der Waals surface area contributed by atoms with E-state index < -0.39 is 5.97 Å². The van der Waals surface area contributed by atoms with Crippen molar-refractivity contribution in [3.05, 3.63) is 64.5 Å². The standard InChI is InChI=1S/C19H17N3O4S/c1-12-3-5-13(6-4-12)17-21-22(19(27)26-17)11-16(23)20-15-9-7-14(8-10-15)18(24)25-2/h3-10H,11H2,1-2H3,(H,20,23). The van der Waals surface area contributed by atoms with Crippen LogP contribution in [0.3, 0.4) is 0 Å². The molecule has 0 bridgehead atoms. The molecule has 7 nitrogen and oxygen atoms in total. The number of amides is 1. The Balaban J connectivity index is 1.68. The number of hydrogen-bond acceptors (Lipinski definition) is 6. The fourth-order valence-electron chi connectivity index (χ4n) is 2.36. The van der Waals surface area contributed by atoms with Gasteiger partial charge in [-0.1, -0.05) is 17.7 Å². The Morgan fingerprint density at radius 1 is 1.15 bits per heavy atom. The number of carbonyl (C=O) groups excluding carboxylic acids is 2. The molecule has 1 aromatic heterocycles. The average molecular weight is 383 g/mol. The summed E-state index contributed by atoms with van der Waals surface area (Å²) in [7, 11) is 1.31. The van der Waals surface area contributed by atoms with Crippen molar-refractivity contribution in [2.45, 2.75) is 13.5 Å². The summed E-state index contributed by atoms with van der Waals surface area (Å²) in [4.78, 5) is 23.8. The Morgan fingerprint density at radius 2 is 1.81 bits per heavy atom. The molecule has 1 N–H and O–H groups in total. The summed E-state index contributed by atoms with van der Waals surface area (Å²) >= 11 is 5.14. The number of nitrogens with one attached hydrogen (secondary N) is 1. The van der Waals surface area contributed by atoms with E-state index in [1.54, 1.807) is 24.3 Å². The third-order valence-electron chi connectivity index (χ3n) is 3.79. The number of aryl methyl sites for hydroxylation is 1. The van der Waals surface area contributed by atoms with E-state index in [-0.39, 0.29) is 17.3 Å². The maximum Gasteiger partial charge on any atom is 0.337 e. The van der Waals surface area contributed by atoms with Gasteiger partial charge < -0.3 is 14.5 Å². The highest BCUT2D eigenvalue weighted by molar-refractivity contribution is 7.71. The molecule has 0 unspecified atom stereocenters. The summed E-state index contributed by atoms with van der Waals surface area (Å²) in [5, 5.41) is 6.98. The molecule has 0 saturated heterocycles. The van der Waals surface area contributed by atoms with E-state index in [0.29, 0.717) is 17.1 Å². The van der Waals surface area contributed by atoms with Crippen molar-refractivity contribution in [2.75, 3.05) is 12.4 Å². The van der Waals surface area contributed by atoms with Gasteiger partial charge in [0.1, 0.15) is 6.54 Å². The summed E-state index contributed by atoms with van der Waals surface area (Å²) in [6.07, 6.45) is 0. The number of ether oxygens (including phenoxy) is 1. The van der Waals surface area contributed by atoms with Crippen LogP contribution in [-0.2, 0) is 16.1 Å². The zero-order chi connectivity index (χ0) is 19.4. The van der Waals surface area contributed by atoms with Crippen LogP contribution >= 0.6 is 12.2 Å². The van der Waals surface area contributed by atoms with Crippen LogP contribution in [0.5, 0.6) is 0 Å². The molecule has 0 radical (unpaired) electrons. The zero-order valence-corrected chi connectivity index (χ0v) is 15.6. The number of methoxy groups -OCH3 is 1. The molecule has 138 valence electrons. The van der Waals surface area contributed by atoms with Gasteiger partial charge in [-0.25, -0.2) is 9.48 Å². The van der Waals surface area contributed by atoms with Crippen LogP contribution in [0.15, 0.2) is 52.9 Å². The Labute approximate surface area is 160 Å². The number of aromatic nitrogens is 2. The predicted octanol–water partition coefficient (Wildman–Crippen LogP) is 3.61. The second-order valence-corrected chi connectivity index (χ2v) is 6.16.